The Morgan fingerprint density at radius 3 is 1.14 bits per heavy atom. The second-order valence-corrected chi connectivity index (χ2v) is 4.56. The summed E-state index contributed by atoms with van der Waals surface area (Å²) in [6, 6.07) is 0. The van der Waals surface area contributed by atoms with Crippen molar-refractivity contribution in [1.82, 2.24) is 0 Å². The summed E-state index contributed by atoms with van der Waals surface area (Å²) in [7, 11) is 0. The van der Waals surface area contributed by atoms with Crippen molar-refractivity contribution < 1.29 is 0 Å². The topological polar surface area (TPSA) is 0 Å². The molecule has 1 aliphatic carbocycles. The monoisotopic (exact) mass is 194 g/mol. The van der Waals surface area contributed by atoms with Crippen molar-refractivity contribution in [3.63, 3.8) is 0 Å². The fraction of sp³-hybridized carbons (Fsp3) is 0.857. The van der Waals surface area contributed by atoms with Gasteiger partial charge in [0.05, 0.1) is 0 Å². The van der Waals surface area contributed by atoms with Gasteiger partial charge in [-0.1, -0.05) is 64.2 Å². The van der Waals surface area contributed by atoms with E-state index in [9.17, 15) is 0 Å². The lowest BCUT2D eigenvalue weighted by atomic mass is 10.0. The molecular formula is C14H26. The smallest absolute Gasteiger partial charge is 0.0386 e. The van der Waals surface area contributed by atoms with Gasteiger partial charge in [-0.15, -0.1) is 0 Å². The highest BCUT2D eigenvalue weighted by Crippen LogP contribution is 2.15. The largest absolute Gasteiger partial charge is 0.0533 e. The molecule has 0 aromatic carbocycles. The molecule has 2 radical (unpaired) electrons. The van der Waals surface area contributed by atoms with E-state index in [1.165, 1.54) is 77.0 Å². The van der Waals surface area contributed by atoms with Crippen LogP contribution in [0.25, 0.3) is 0 Å². The second kappa shape index (κ2) is 9.55. The van der Waals surface area contributed by atoms with Crippen LogP contribution in [0.4, 0.5) is 0 Å². The number of rotatable bonds is 0. The van der Waals surface area contributed by atoms with Crippen molar-refractivity contribution >= 4 is 0 Å². The van der Waals surface area contributed by atoms with Crippen molar-refractivity contribution in [2.24, 2.45) is 0 Å². The van der Waals surface area contributed by atoms with Gasteiger partial charge in [0.1, 0.15) is 0 Å². The second-order valence-electron chi connectivity index (χ2n) is 4.56. The molecule has 0 N–H and O–H groups in total. The predicted octanol–water partition coefficient (Wildman–Crippen LogP) is 5.09. The summed E-state index contributed by atoms with van der Waals surface area (Å²) in [5.41, 5.74) is 0. The maximum absolute atomic E-state index is 2.49. The molecular weight excluding hydrogens is 168 g/mol. The van der Waals surface area contributed by atoms with Crippen LogP contribution in [0.15, 0.2) is 0 Å². The Bertz CT molecular complexity index is 53.3. The van der Waals surface area contributed by atoms with Crippen molar-refractivity contribution in [1.29, 1.82) is 0 Å². The molecule has 0 bridgehead atoms. The summed E-state index contributed by atoms with van der Waals surface area (Å²) in [6.45, 7) is 0. The predicted molar refractivity (Wildman–Crippen MR) is 64.0 cm³/mol. The molecule has 82 valence electrons. The van der Waals surface area contributed by atoms with Crippen molar-refractivity contribution in [2.75, 3.05) is 0 Å². The first kappa shape index (κ1) is 12.1. The lowest BCUT2D eigenvalue weighted by molar-refractivity contribution is 0.555. The van der Waals surface area contributed by atoms with Gasteiger partial charge in [-0.3, -0.25) is 0 Å². The van der Waals surface area contributed by atoms with Crippen molar-refractivity contribution in [3.05, 3.63) is 12.8 Å². The van der Waals surface area contributed by atoms with E-state index in [1.807, 2.05) is 0 Å². The molecule has 1 saturated carbocycles. The van der Waals surface area contributed by atoms with E-state index in [0.29, 0.717) is 0 Å². The molecule has 1 rings (SSSR count). The highest BCUT2D eigenvalue weighted by atomic mass is 14.0. The summed E-state index contributed by atoms with van der Waals surface area (Å²) in [5.74, 6) is 0. The summed E-state index contributed by atoms with van der Waals surface area (Å²) < 4.78 is 0. The van der Waals surface area contributed by atoms with Crippen LogP contribution in [0.3, 0.4) is 0 Å². The Morgan fingerprint density at radius 1 is 0.357 bits per heavy atom. The molecule has 0 amide bonds. The first-order valence-electron chi connectivity index (χ1n) is 6.63. The van der Waals surface area contributed by atoms with Gasteiger partial charge in [-0.25, -0.2) is 0 Å². The minimum absolute atomic E-state index is 1.32. The zero-order valence-electron chi connectivity index (χ0n) is 9.64. The molecule has 0 spiro atoms. The lowest BCUT2D eigenvalue weighted by Crippen LogP contribution is -1.86. The van der Waals surface area contributed by atoms with Crippen LogP contribution in [0.2, 0.25) is 0 Å². The van der Waals surface area contributed by atoms with Crippen molar-refractivity contribution in [2.45, 2.75) is 77.0 Å². The van der Waals surface area contributed by atoms with Gasteiger partial charge in [0.2, 0.25) is 0 Å². The molecule has 1 fully saturated rings. The van der Waals surface area contributed by atoms with Gasteiger partial charge in [-0.2, -0.15) is 0 Å². The van der Waals surface area contributed by atoms with Gasteiger partial charge in [0, 0.05) is 0 Å². The molecule has 0 unspecified atom stereocenters. The van der Waals surface area contributed by atoms with Crippen LogP contribution in [-0.4, -0.2) is 0 Å². The molecule has 0 heterocycles. The summed E-state index contributed by atoms with van der Waals surface area (Å²) in [4.78, 5) is 0. The zero-order chi connectivity index (χ0) is 9.90. The van der Waals surface area contributed by atoms with E-state index in [0.717, 1.165) is 0 Å². The molecule has 1 aliphatic rings. The van der Waals surface area contributed by atoms with Crippen LogP contribution in [0, 0.1) is 12.8 Å². The van der Waals surface area contributed by atoms with Gasteiger partial charge in [0.25, 0.3) is 0 Å². The summed E-state index contributed by atoms with van der Waals surface area (Å²) in [5, 5.41) is 0. The first-order valence-corrected chi connectivity index (χ1v) is 6.63. The van der Waals surface area contributed by atoms with E-state index >= 15 is 0 Å². The van der Waals surface area contributed by atoms with Gasteiger partial charge in [-0.05, 0) is 25.7 Å². The first-order chi connectivity index (χ1) is 7.00. The Labute approximate surface area is 90.5 Å². The van der Waals surface area contributed by atoms with Crippen LogP contribution in [0.5, 0.6) is 0 Å². The van der Waals surface area contributed by atoms with E-state index in [2.05, 4.69) is 12.8 Å². The van der Waals surface area contributed by atoms with Crippen LogP contribution >= 0.6 is 0 Å². The average Bonchev–Trinajstić information content (AvgIpc) is 2.22. The van der Waals surface area contributed by atoms with Crippen LogP contribution in [0.1, 0.15) is 77.0 Å². The third kappa shape index (κ3) is 7.41. The molecule has 0 aromatic rings. The highest BCUT2D eigenvalue weighted by Gasteiger charge is 1.96. The van der Waals surface area contributed by atoms with Gasteiger partial charge < -0.3 is 0 Å². The van der Waals surface area contributed by atoms with Crippen LogP contribution in [-0.2, 0) is 0 Å². The molecule has 14 heavy (non-hydrogen) atoms. The normalized spacial score (nSPS) is 24.0. The van der Waals surface area contributed by atoms with Gasteiger partial charge >= 0.3 is 0 Å². The fourth-order valence-electron chi connectivity index (χ4n) is 2.16. The minimum Gasteiger partial charge on any atom is -0.0533 e. The zero-order valence-corrected chi connectivity index (χ0v) is 9.64. The number of hydrogen-bond acceptors (Lipinski definition) is 0. The maximum atomic E-state index is 2.49. The Balaban J connectivity index is 2.00. The maximum Gasteiger partial charge on any atom is -0.0386 e. The molecule has 0 aromatic heterocycles. The summed E-state index contributed by atoms with van der Waals surface area (Å²) in [6.07, 6.45) is 22.0. The molecule has 0 atom stereocenters. The summed E-state index contributed by atoms with van der Waals surface area (Å²) >= 11 is 0. The fourth-order valence-corrected chi connectivity index (χ4v) is 2.16. The Hall–Kier alpha value is 0. The van der Waals surface area contributed by atoms with Crippen molar-refractivity contribution in [3.8, 4) is 0 Å². The van der Waals surface area contributed by atoms with E-state index in [-0.39, 0.29) is 0 Å². The van der Waals surface area contributed by atoms with E-state index in [4.69, 9.17) is 0 Å². The Kier molecular flexibility index (Phi) is 8.24. The van der Waals surface area contributed by atoms with E-state index in [1.54, 1.807) is 0 Å². The van der Waals surface area contributed by atoms with E-state index < -0.39 is 0 Å². The SMILES string of the molecule is [CH]1CC[CH]CCCCCCCCCC1. The number of hydrogen-bond donors (Lipinski definition) is 0. The van der Waals surface area contributed by atoms with Gasteiger partial charge in [0.15, 0.2) is 0 Å². The third-order valence-electron chi connectivity index (χ3n) is 3.14. The standard InChI is InChI=1S/C14H26/c1-2-4-6-8-10-12-14-13-11-9-7-5-3-1/h1,6H,2-5,7-14H2. The minimum atomic E-state index is 1.32. The quantitative estimate of drug-likeness (QED) is 0.504. The van der Waals surface area contributed by atoms with Crippen LogP contribution < -0.4 is 0 Å². The molecule has 0 heteroatoms. The lowest BCUT2D eigenvalue weighted by Gasteiger charge is -2.05. The molecule has 0 saturated heterocycles. The average molecular weight is 194 g/mol. The molecule has 0 aliphatic heterocycles. The highest BCUT2D eigenvalue weighted by molar-refractivity contribution is 4.72. The third-order valence-corrected chi connectivity index (χ3v) is 3.14. The molecule has 0 nitrogen and oxygen atoms in total. The Morgan fingerprint density at radius 2 is 0.714 bits per heavy atom.